The van der Waals surface area contributed by atoms with Crippen LogP contribution in [0.1, 0.15) is 13.8 Å². The summed E-state index contributed by atoms with van der Waals surface area (Å²) in [5.41, 5.74) is 4.02. The number of nitrogens with zero attached hydrogens (tertiary/aromatic N) is 5. The molecule has 176 valence electrons. The Morgan fingerprint density at radius 2 is 1.74 bits per heavy atom. The molecule has 0 aliphatic carbocycles. The maximum Gasteiger partial charge on any atom is 0.236 e. The molecule has 0 radical (unpaired) electrons. The van der Waals surface area contributed by atoms with Crippen molar-refractivity contribution >= 4 is 55.8 Å². The van der Waals surface area contributed by atoms with Gasteiger partial charge in [-0.3, -0.25) is 4.79 Å². The number of thioether (sulfide) groups is 1. The van der Waals surface area contributed by atoms with Crippen LogP contribution in [0.5, 0.6) is 0 Å². The number of amides is 1. The highest BCUT2D eigenvalue weighted by atomic mass is 79.9. The number of aromatic nitrogens is 4. The number of benzene rings is 2. The lowest BCUT2D eigenvalue weighted by molar-refractivity contribution is -0.113. The lowest BCUT2D eigenvalue weighted by Gasteiger charge is -2.21. The third-order valence-corrected chi connectivity index (χ3v) is 7.62. The quantitative estimate of drug-likeness (QED) is 0.257. The molecule has 4 rings (SSSR count). The molecule has 0 atom stereocenters. The number of anilines is 2. The fourth-order valence-electron chi connectivity index (χ4n) is 3.47. The third-order valence-electron chi connectivity index (χ3n) is 5.31. The molecule has 0 fully saturated rings. The molecule has 0 spiro atoms. The molecule has 0 unspecified atom stereocenters. The van der Waals surface area contributed by atoms with Crippen molar-refractivity contribution in [1.82, 2.24) is 19.7 Å². The van der Waals surface area contributed by atoms with Crippen LogP contribution >= 0.6 is 39.0 Å². The van der Waals surface area contributed by atoms with Crippen molar-refractivity contribution in [1.29, 1.82) is 0 Å². The number of rotatable bonds is 9. The van der Waals surface area contributed by atoms with E-state index in [0.717, 1.165) is 40.2 Å². The molecule has 4 aromatic rings. The number of hydrogen-bond donors (Lipinski definition) is 1. The first-order valence-corrected chi connectivity index (χ1v) is 13.5. The molecule has 2 aromatic carbocycles. The number of carbonyl (C=O) groups is 1. The van der Waals surface area contributed by atoms with E-state index in [1.807, 2.05) is 41.3 Å². The Labute approximate surface area is 215 Å². The first-order valence-electron chi connectivity index (χ1n) is 10.9. The molecule has 0 aliphatic heterocycles. The van der Waals surface area contributed by atoms with Crippen molar-refractivity contribution in [3.8, 4) is 22.6 Å². The Morgan fingerprint density at radius 3 is 2.41 bits per heavy atom. The highest BCUT2D eigenvalue weighted by Crippen LogP contribution is 2.27. The predicted octanol–water partition coefficient (Wildman–Crippen LogP) is 5.95. The van der Waals surface area contributed by atoms with E-state index in [0.29, 0.717) is 10.3 Å². The van der Waals surface area contributed by atoms with E-state index in [9.17, 15) is 4.79 Å². The van der Waals surface area contributed by atoms with Crippen LogP contribution in [-0.2, 0) is 11.8 Å². The van der Waals surface area contributed by atoms with Crippen molar-refractivity contribution in [2.75, 3.05) is 29.1 Å². The maximum atomic E-state index is 12.5. The topological polar surface area (TPSA) is 75.9 Å². The minimum atomic E-state index is -0.130. The van der Waals surface area contributed by atoms with Gasteiger partial charge in [-0.25, -0.2) is 4.98 Å². The van der Waals surface area contributed by atoms with E-state index in [-0.39, 0.29) is 11.7 Å². The molecular weight excluding hydrogens is 532 g/mol. The van der Waals surface area contributed by atoms with E-state index in [1.54, 1.807) is 0 Å². The van der Waals surface area contributed by atoms with Gasteiger partial charge in [-0.2, -0.15) is 0 Å². The summed E-state index contributed by atoms with van der Waals surface area (Å²) in [6.45, 7) is 6.23. The fraction of sp³-hybridized carbons (Fsp3) is 0.250. The average molecular weight is 558 g/mol. The Morgan fingerprint density at radius 1 is 1.06 bits per heavy atom. The Hall–Kier alpha value is -2.69. The van der Waals surface area contributed by atoms with Crippen LogP contribution in [-0.4, -0.2) is 44.5 Å². The number of nitrogens with one attached hydrogen (secondary N) is 1. The summed E-state index contributed by atoms with van der Waals surface area (Å²) in [6, 6.07) is 16.2. The second-order valence-electron chi connectivity index (χ2n) is 7.47. The summed E-state index contributed by atoms with van der Waals surface area (Å²) in [5.74, 6) is 0.864. The largest absolute Gasteiger partial charge is 0.372 e. The molecule has 34 heavy (non-hydrogen) atoms. The van der Waals surface area contributed by atoms with E-state index < -0.39 is 0 Å². The van der Waals surface area contributed by atoms with Crippen LogP contribution in [0.4, 0.5) is 10.8 Å². The van der Waals surface area contributed by atoms with Crippen LogP contribution in [0.3, 0.4) is 0 Å². The SMILES string of the molecule is CCN(CC)c1ccc(-c2nnc(SCC(=O)Nc3nc(-c4ccc(Br)cc4)cs3)n2C)cc1. The molecule has 7 nitrogen and oxygen atoms in total. The van der Waals surface area contributed by atoms with Gasteiger partial charge in [0.05, 0.1) is 11.4 Å². The first kappa shape index (κ1) is 24.4. The van der Waals surface area contributed by atoms with Gasteiger partial charge in [0.25, 0.3) is 0 Å². The Bertz CT molecular complexity index is 1250. The minimum absolute atomic E-state index is 0.130. The van der Waals surface area contributed by atoms with Gasteiger partial charge >= 0.3 is 0 Å². The second kappa shape index (κ2) is 11.2. The van der Waals surface area contributed by atoms with Crippen LogP contribution in [0.15, 0.2) is 63.5 Å². The third kappa shape index (κ3) is 5.68. The Kier molecular flexibility index (Phi) is 8.02. The van der Waals surface area contributed by atoms with Crippen molar-refractivity contribution < 1.29 is 4.79 Å². The van der Waals surface area contributed by atoms with Gasteiger partial charge in [0, 0.05) is 46.8 Å². The smallest absolute Gasteiger partial charge is 0.236 e. The van der Waals surface area contributed by atoms with Gasteiger partial charge in [-0.15, -0.1) is 21.5 Å². The number of thiazole rings is 1. The highest BCUT2D eigenvalue weighted by molar-refractivity contribution is 9.10. The molecule has 0 aliphatic rings. The van der Waals surface area contributed by atoms with Crippen molar-refractivity contribution in [3.63, 3.8) is 0 Å². The van der Waals surface area contributed by atoms with Crippen LogP contribution in [0.2, 0.25) is 0 Å². The van der Waals surface area contributed by atoms with Crippen molar-refractivity contribution in [2.24, 2.45) is 7.05 Å². The van der Waals surface area contributed by atoms with Crippen LogP contribution in [0, 0.1) is 0 Å². The molecule has 10 heteroatoms. The van der Waals surface area contributed by atoms with E-state index >= 15 is 0 Å². The molecule has 0 bridgehead atoms. The van der Waals surface area contributed by atoms with E-state index in [1.165, 1.54) is 28.8 Å². The molecule has 2 aromatic heterocycles. The molecule has 1 amide bonds. The molecule has 0 saturated heterocycles. The molecular formula is C24H25BrN6OS2. The van der Waals surface area contributed by atoms with E-state index in [2.05, 4.69) is 79.4 Å². The monoisotopic (exact) mass is 556 g/mol. The number of carbonyl (C=O) groups excluding carboxylic acids is 1. The highest BCUT2D eigenvalue weighted by Gasteiger charge is 2.14. The summed E-state index contributed by atoms with van der Waals surface area (Å²) < 4.78 is 2.93. The van der Waals surface area contributed by atoms with E-state index in [4.69, 9.17) is 0 Å². The van der Waals surface area contributed by atoms with Gasteiger partial charge in [0.2, 0.25) is 5.91 Å². The normalized spacial score (nSPS) is 10.9. The molecule has 2 heterocycles. The fourth-order valence-corrected chi connectivity index (χ4v) is 5.18. The summed E-state index contributed by atoms with van der Waals surface area (Å²) in [4.78, 5) is 19.3. The Balaban J connectivity index is 1.35. The maximum absolute atomic E-state index is 12.5. The van der Waals surface area contributed by atoms with Gasteiger partial charge in [0.1, 0.15) is 0 Å². The summed E-state index contributed by atoms with van der Waals surface area (Å²) in [7, 11) is 1.92. The second-order valence-corrected chi connectivity index (χ2v) is 10.2. The summed E-state index contributed by atoms with van der Waals surface area (Å²) >= 11 is 6.19. The molecule has 1 N–H and O–H groups in total. The lowest BCUT2D eigenvalue weighted by atomic mass is 10.2. The standard InChI is InChI=1S/C24H25BrN6OS2/c1-4-31(5-2)19-12-8-17(9-13-19)22-28-29-24(30(22)3)34-15-21(32)27-23-26-20(14-33-23)16-6-10-18(25)11-7-16/h6-14H,4-5,15H2,1-3H3,(H,26,27,32). The lowest BCUT2D eigenvalue weighted by Crippen LogP contribution is -2.21. The van der Waals surface area contributed by atoms with Crippen molar-refractivity contribution in [2.45, 2.75) is 19.0 Å². The zero-order valence-corrected chi connectivity index (χ0v) is 22.4. The minimum Gasteiger partial charge on any atom is -0.372 e. The van der Waals surface area contributed by atoms with Gasteiger partial charge in [-0.05, 0) is 50.2 Å². The van der Waals surface area contributed by atoms with Crippen molar-refractivity contribution in [3.05, 3.63) is 58.4 Å². The first-order chi connectivity index (χ1) is 16.5. The number of hydrogen-bond acceptors (Lipinski definition) is 7. The zero-order chi connectivity index (χ0) is 24.1. The van der Waals surface area contributed by atoms with Gasteiger partial charge < -0.3 is 14.8 Å². The van der Waals surface area contributed by atoms with Gasteiger partial charge in [-0.1, -0.05) is 39.8 Å². The predicted molar refractivity (Wildman–Crippen MR) is 145 cm³/mol. The van der Waals surface area contributed by atoms with Crippen LogP contribution in [0.25, 0.3) is 22.6 Å². The number of halogens is 1. The zero-order valence-electron chi connectivity index (χ0n) is 19.2. The summed E-state index contributed by atoms with van der Waals surface area (Å²) in [6.07, 6.45) is 0. The average Bonchev–Trinajstić information content (AvgIpc) is 3.46. The van der Waals surface area contributed by atoms with Gasteiger partial charge in [0.15, 0.2) is 16.1 Å². The van der Waals surface area contributed by atoms with Crippen LogP contribution < -0.4 is 10.2 Å². The summed E-state index contributed by atoms with van der Waals surface area (Å²) in [5, 5.41) is 14.7. The molecule has 0 saturated carbocycles.